The van der Waals surface area contributed by atoms with Gasteiger partial charge in [-0.25, -0.2) is 4.79 Å². The number of carbonyl (C=O) groups excluding carboxylic acids is 1. The molecule has 2 aliphatic rings. The summed E-state index contributed by atoms with van der Waals surface area (Å²) in [6.07, 6.45) is 0. The molecule has 1 fully saturated rings. The van der Waals surface area contributed by atoms with Crippen LogP contribution in [0.3, 0.4) is 0 Å². The lowest BCUT2D eigenvalue weighted by atomic mass is 9.27. The van der Waals surface area contributed by atoms with Gasteiger partial charge in [-0.1, -0.05) is 47.8 Å². The van der Waals surface area contributed by atoms with Crippen LogP contribution in [0.2, 0.25) is 0 Å². The minimum atomic E-state index is -0.449. The van der Waals surface area contributed by atoms with Crippen LogP contribution in [-0.4, -0.2) is 11.6 Å². The van der Waals surface area contributed by atoms with Gasteiger partial charge in [0.25, 0.3) is 0 Å². The number of esters is 1. The Morgan fingerprint density at radius 3 is 2.18 bits per heavy atom. The van der Waals surface area contributed by atoms with Crippen LogP contribution >= 0.6 is 15.9 Å². The van der Waals surface area contributed by atoms with Crippen LogP contribution in [-0.2, 0) is 4.74 Å². The number of ether oxygens (including phenoxy) is 1. The van der Waals surface area contributed by atoms with Crippen LogP contribution in [0.25, 0.3) is 0 Å². The highest BCUT2D eigenvalue weighted by molar-refractivity contribution is 9.10. The Kier molecular flexibility index (Phi) is 3.21. The molecular formula is C19H23BrO2. The molecular weight excluding hydrogens is 340 g/mol. The number of carbonyl (C=O) groups is 1. The summed E-state index contributed by atoms with van der Waals surface area (Å²) in [5.41, 5.74) is 3.07. The van der Waals surface area contributed by atoms with Crippen LogP contribution < -0.4 is 0 Å². The highest BCUT2D eigenvalue weighted by Crippen LogP contribution is 2.80. The van der Waals surface area contributed by atoms with Crippen molar-refractivity contribution in [3.8, 4) is 0 Å². The van der Waals surface area contributed by atoms with Gasteiger partial charge in [-0.05, 0) is 45.0 Å². The highest BCUT2D eigenvalue weighted by atomic mass is 79.9. The number of hydrogen-bond acceptors (Lipinski definition) is 2. The molecule has 22 heavy (non-hydrogen) atoms. The molecule has 0 unspecified atom stereocenters. The van der Waals surface area contributed by atoms with Gasteiger partial charge < -0.3 is 4.74 Å². The highest BCUT2D eigenvalue weighted by Gasteiger charge is 2.80. The van der Waals surface area contributed by atoms with E-state index in [4.69, 9.17) is 4.74 Å². The van der Waals surface area contributed by atoms with Crippen molar-refractivity contribution in [2.24, 2.45) is 16.7 Å². The molecule has 0 N–H and O–H groups in total. The van der Waals surface area contributed by atoms with Gasteiger partial charge >= 0.3 is 5.97 Å². The molecule has 3 heteroatoms. The number of fused-ring (bicyclic) bond motifs is 1. The second kappa shape index (κ2) is 4.47. The summed E-state index contributed by atoms with van der Waals surface area (Å²) < 4.78 is 7.00. The lowest BCUT2D eigenvalue weighted by Gasteiger charge is -2.78. The molecule has 4 atom stereocenters. The van der Waals surface area contributed by atoms with Crippen molar-refractivity contribution in [3.63, 3.8) is 0 Å². The summed E-state index contributed by atoms with van der Waals surface area (Å²) in [5.74, 6) is 0.0792. The fourth-order valence-electron chi connectivity index (χ4n) is 5.05. The van der Waals surface area contributed by atoms with Gasteiger partial charge in [-0.15, -0.1) is 0 Å². The third-order valence-corrected chi connectivity index (χ3v) is 7.73. The third-order valence-electron chi connectivity index (χ3n) is 7.20. The maximum Gasteiger partial charge on any atom is 0.338 e. The summed E-state index contributed by atoms with van der Waals surface area (Å²) >= 11 is 3.39. The van der Waals surface area contributed by atoms with E-state index in [0.717, 1.165) is 4.47 Å². The van der Waals surface area contributed by atoms with E-state index in [9.17, 15) is 4.79 Å². The molecule has 1 saturated carbocycles. The molecule has 1 aromatic rings. The van der Waals surface area contributed by atoms with Crippen molar-refractivity contribution in [1.29, 1.82) is 0 Å². The molecule has 0 saturated heterocycles. The van der Waals surface area contributed by atoms with E-state index in [1.807, 2.05) is 12.1 Å². The van der Waals surface area contributed by atoms with Crippen molar-refractivity contribution in [2.75, 3.05) is 0 Å². The summed E-state index contributed by atoms with van der Waals surface area (Å²) in [6, 6.07) is 7.34. The molecule has 118 valence electrons. The maximum atomic E-state index is 12.6. The van der Waals surface area contributed by atoms with Crippen LogP contribution in [0.15, 0.2) is 39.9 Å². The lowest BCUT2D eigenvalue weighted by Crippen LogP contribution is -2.79. The van der Waals surface area contributed by atoms with Crippen molar-refractivity contribution in [3.05, 3.63) is 45.4 Å². The van der Waals surface area contributed by atoms with Crippen LogP contribution in [0.4, 0.5) is 0 Å². The maximum absolute atomic E-state index is 12.6. The number of allylic oxidation sites excluding steroid dienone is 1. The second-order valence-electron chi connectivity index (χ2n) is 7.30. The normalized spacial score (nSPS) is 39.7. The number of benzene rings is 1. The van der Waals surface area contributed by atoms with Crippen molar-refractivity contribution in [1.82, 2.24) is 0 Å². The fourth-order valence-corrected chi connectivity index (χ4v) is 5.31. The average Bonchev–Trinajstić information content (AvgIpc) is 2.51. The number of halogens is 1. The van der Waals surface area contributed by atoms with E-state index in [2.05, 4.69) is 57.5 Å². The Morgan fingerprint density at radius 2 is 1.64 bits per heavy atom. The molecule has 0 aromatic heterocycles. The zero-order chi connectivity index (χ0) is 16.5. The first-order valence-corrected chi connectivity index (χ1v) is 8.57. The molecule has 0 heterocycles. The molecule has 0 amide bonds. The predicted octanol–water partition coefficient (Wildman–Crippen LogP) is 5.38. The first-order valence-electron chi connectivity index (χ1n) is 7.78. The summed E-state index contributed by atoms with van der Waals surface area (Å²) in [7, 11) is 0. The molecule has 0 radical (unpaired) electrons. The SMILES string of the molecule is CC1=C(C)[C@@]2(C)[C@H](C)[C@@](C)(OC(=O)c3ccc(Br)cc3)[C@@]12C. The van der Waals surface area contributed by atoms with Gasteiger partial charge in [-0.3, -0.25) is 0 Å². The van der Waals surface area contributed by atoms with Gasteiger partial charge in [0.05, 0.1) is 5.56 Å². The monoisotopic (exact) mass is 362 g/mol. The lowest BCUT2D eigenvalue weighted by molar-refractivity contribution is -0.276. The van der Waals surface area contributed by atoms with Crippen LogP contribution in [0, 0.1) is 16.7 Å². The summed E-state index contributed by atoms with van der Waals surface area (Å²) in [6.45, 7) is 13.2. The third kappa shape index (κ3) is 1.49. The Hall–Kier alpha value is -1.09. The van der Waals surface area contributed by atoms with Crippen LogP contribution in [0.1, 0.15) is 51.9 Å². The van der Waals surface area contributed by atoms with E-state index in [1.54, 1.807) is 12.1 Å². The van der Waals surface area contributed by atoms with E-state index < -0.39 is 5.60 Å². The first-order chi connectivity index (χ1) is 10.1. The smallest absolute Gasteiger partial charge is 0.338 e. The van der Waals surface area contributed by atoms with Gasteiger partial charge in [0.1, 0.15) is 5.60 Å². The number of hydrogen-bond donors (Lipinski definition) is 0. The van der Waals surface area contributed by atoms with Gasteiger partial charge in [0.15, 0.2) is 0 Å². The Morgan fingerprint density at radius 1 is 1.09 bits per heavy atom. The largest absolute Gasteiger partial charge is 0.454 e. The Bertz CT molecular complexity index is 690. The van der Waals surface area contributed by atoms with Crippen LogP contribution in [0.5, 0.6) is 0 Å². The Labute approximate surface area is 141 Å². The molecule has 0 aliphatic heterocycles. The van der Waals surface area contributed by atoms with Crippen molar-refractivity contribution < 1.29 is 9.53 Å². The second-order valence-corrected chi connectivity index (χ2v) is 8.22. The Balaban J connectivity index is 1.90. The van der Waals surface area contributed by atoms with Crippen molar-refractivity contribution >= 4 is 21.9 Å². The zero-order valence-electron chi connectivity index (χ0n) is 14.1. The summed E-state index contributed by atoms with van der Waals surface area (Å²) in [5, 5.41) is 0. The standard InChI is InChI=1S/C19H23BrO2/c1-11-12(2)18(5)17(11,4)13(3)19(18,6)22-16(21)14-7-9-15(20)10-8-14/h7-10,13H,1-6H3/t13-,17-,18-,19+/m0/s1. The molecule has 0 bridgehead atoms. The number of rotatable bonds is 2. The minimum Gasteiger partial charge on any atom is -0.454 e. The molecule has 0 spiro atoms. The molecule has 2 aliphatic carbocycles. The minimum absolute atomic E-state index is 0.0610. The first kappa shape index (κ1) is 15.8. The quantitative estimate of drug-likeness (QED) is 0.521. The average molecular weight is 363 g/mol. The van der Waals surface area contributed by atoms with E-state index >= 15 is 0 Å². The fraction of sp³-hybridized carbons (Fsp3) is 0.526. The predicted molar refractivity (Wildman–Crippen MR) is 91.7 cm³/mol. The summed E-state index contributed by atoms with van der Waals surface area (Å²) in [4.78, 5) is 12.6. The van der Waals surface area contributed by atoms with Gasteiger partial charge in [0.2, 0.25) is 0 Å². The van der Waals surface area contributed by atoms with E-state index in [-0.39, 0.29) is 16.8 Å². The van der Waals surface area contributed by atoms with Gasteiger partial charge in [-0.2, -0.15) is 0 Å². The van der Waals surface area contributed by atoms with Crippen molar-refractivity contribution in [2.45, 2.75) is 47.1 Å². The molecule has 3 rings (SSSR count). The molecule has 2 nitrogen and oxygen atoms in total. The topological polar surface area (TPSA) is 26.3 Å². The van der Waals surface area contributed by atoms with E-state index in [1.165, 1.54) is 11.1 Å². The van der Waals surface area contributed by atoms with E-state index in [0.29, 0.717) is 11.5 Å². The van der Waals surface area contributed by atoms with Gasteiger partial charge in [0, 0.05) is 21.2 Å². The molecule has 1 aromatic carbocycles. The zero-order valence-corrected chi connectivity index (χ0v) is 15.7.